The number of ether oxygens (including phenoxy) is 1. The van der Waals surface area contributed by atoms with Crippen LogP contribution in [0.4, 0.5) is 11.4 Å². The molecule has 1 fully saturated rings. The molecule has 0 amide bonds. The minimum Gasteiger partial charge on any atom is -0.497 e. The SMILES string of the molecule is COc1cc(C(C)(C)C)c(-c2cc(N(c3ccccc3)C3CCN(C)CC3C)ccc2C(=O)O)c(C(C)(C)C)c1. The molecule has 3 aromatic carbocycles. The van der Waals surface area contributed by atoms with E-state index in [-0.39, 0.29) is 10.8 Å². The molecule has 0 aromatic heterocycles. The molecule has 40 heavy (non-hydrogen) atoms. The molecule has 0 spiro atoms. The molecule has 3 aromatic rings. The van der Waals surface area contributed by atoms with Crippen molar-refractivity contribution in [3.05, 3.63) is 77.4 Å². The Morgan fingerprint density at radius 1 is 0.925 bits per heavy atom. The number of carbonyl (C=O) groups is 1. The molecule has 1 aliphatic heterocycles. The molecule has 0 aliphatic carbocycles. The molecule has 0 radical (unpaired) electrons. The van der Waals surface area contributed by atoms with Crippen LogP contribution in [0.3, 0.4) is 0 Å². The van der Waals surface area contributed by atoms with Gasteiger partial charge in [0.1, 0.15) is 5.75 Å². The summed E-state index contributed by atoms with van der Waals surface area (Å²) in [6.07, 6.45) is 1.03. The van der Waals surface area contributed by atoms with Crippen molar-refractivity contribution in [1.82, 2.24) is 4.90 Å². The molecule has 2 atom stereocenters. The number of hydrogen-bond donors (Lipinski definition) is 1. The molecule has 0 saturated carbocycles. The highest BCUT2D eigenvalue weighted by Crippen LogP contribution is 2.46. The van der Waals surface area contributed by atoms with E-state index in [1.54, 1.807) is 13.2 Å². The first-order chi connectivity index (χ1) is 18.7. The van der Waals surface area contributed by atoms with Crippen LogP contribution in [0.1, 0.15) is 76.4 Å². The Kier molecular flexibility index (Phi) is 8.37. The Bertz CT molecular complexity index is 1320. The number of methoxy groups -OCH3 is 1. The molecule has 1 aliphatic rings. The van der Waals surface area contributed by atoms with E-state index in [9.17, 15) is 9.90 Å². The Labute approximate surface area is 240 Å². The van der Waals surface area contributed by atoms with Crippen molar-refractivity contribution in [2.75, 3.05) is 32.1 Å². The highest BCUT2D eigenvalue weighted by Gasteiger charge is 2.33. The maximum Gasteiger partial charge on any atom is 0.336 e. The Morgan fingerprint density at radius 2 is 1.52 bits per heavy atom. The summed E-state index contributed by atoms with van der Waals surface area (Å²) in [5.41, 5.74) is 5.88. The van der Waals surface area contributed by atoms with Crippen molar-refractivity contribution in [2.45, 2.75) is 71.8 Å². The lowest BCUT2D eigenvalue weighted by molar-refractivity contribution is 0.0697. The van der Waals surface area contributed by atoms with Gasteiger partial charge in [-0.05, 0) is 101 Å². The van der Waals surface area contributed by atoms with Gasteiger partial charge in [-0.15, -0.1) is 0 Å². The molecule has 1 heterocycles. The van der Waals surface area contributed by atoms with Crippen molar-refractivity contribution < 1.29 is 14.6 Å². The van der Waals surface area contributed by atoms with E-state index in [4.69, 9.17) is 4.74 Å². The molecule has 2 unspecified atom stereocenters. The number of benzene rings is 3. The standard InChI is InChI=1S/C35H46N2O3/c1-23-22-36(8)18-17-31(23)37(24-13-11-10-12-14-24)25-15-16-27(33(38)39)28(19-25)32-29(34(2,3)4)20-26(40-9)21-30(32)35(5,6)7/h10-16,19-21,23,31H,17-18,22H2,1-9H3,(H,38,39). The Morgan fingerprint density at radius 3 is 2.02 bits per heavy atom. The maximum absolute atomic E-state index is 12.7. The number of rotatable bonds is 6. The van der Waals surface area contributed by atoms with Crippen LogP contribution in [0.2, 0.25) is 0 Å². The van der Waals surface area contributed by atoms with Gasteiger partial charge in [0.2, 0.25) is 0 Å². The van der Waals surface area contributed by atoms with Gasteiger partial charge in [0.25, 0.3) is 0 Å². The monoisotopic (exact) mass is 542 g/mol. The van der Waals surface area contributed by atoms with E-state index in [2.05, 4.69) is 108 Å². The highest BCUT2D eigenvalue weighted by atomic mass is 16.5. The number of anilines is 2. The van der Waals surface area contributed by atoms with Crippen LogP contribution in [0.15, 0.2) is 60.7 Å². The molecule has 1 N–H and O–H groups in total. The Hall–Kier alpha value is -3.31. The van der Waals surface area contributed by atoms with Crippen molar-refractivity contribution in [3.63, 3.8) is 0 Å². The van der Waals surface area contributed by atoms with Crippen molar-refractivity contribution >= 4 is 17.3 Å². The zero-order valence-corrected chi connectivity index (χ0v) is 25.7. The molecule has 0 bridgehead atoms. The summed E-state index contributed by atoms with van der Waals surface area (Å²) in [6, 6.07) is 20.9. The predicted molar refractivity (Wildman–Crippen MR) is 166 cm³/mol. The predicted octanol–water partition coefficient (Wildman–Crippen LogP) is 8.13. The number of piperidine rings is 1. The summed E-state index contributed by atoms with van der Waals surface area (Å²) in [5.74, 6) is 0.312. The lowest BCUT2D eigenvalue weighted by atomic mass is 9.73. The molecule has 214 valence electrons. The number of para-hydroxylation sites is 1. The number of hydrogen-bond acceptors (Lipinski definition) is 4. The normalized spacial score (nSPS) is 18.4. The van der Waals surface area contributed by atoms with Crippen molar-refractivity contribution in [3.8, 4) is 16.9 Å². The van der Waals surface area contributed by atoms with Crippen molar-refractivity contribution in [1.29, 1.82) is 0 Å². The number of carboxylic acid groups (broad SMARTS) is 1. The maximum atomic E-state index is 12.7. The first kappa shape index (κ1) is 29.7. The van der Waals surface area contributed by atoms with E-state index in [1.165, 1.54) is 0 Å². The van der Waals surface area contributed by atoms with Gasteiger partial charge in [0.05, 0.1) is 12.7 Å². The molecular formula is C35H46N2O3. The van der Waals surface area contributed by atoms with Crippen LogP contribution in [-0.4, -0.2) is 49.3 Å². The van der Waals surface area contributed by atoms with Crippen molar-refractivity contribution in [2.24, 2.45) is 5.92 Å². The highest BCUT2D eigenvalue weighted by molar-refractivity contribution is 5.99. The smallest absolute Gasteiger partial charge is 0.336 e. The summed E-state index contributed by atoms with van der Waals surface area (Å²) in [7, 11) is 3.88. The van der Waals surface area contributed by atoms with Crippen LogP contribution in [0.5, 0.6) is 5.75 Å². The summed E-state index contributed by atoms with van der Waals surface area (Å²) < 4.78 is 5.75. The van der Waals surface area contributed by atoms with Gasteiger partial charge in [-0.2, -0.15) is 0 Å². The van der Waals surface area contributed by atoms with Crippen LogP contribution in [0, 0.1) is 5.92 Å². The van der Waals surface area contributed by atoms with Gasteiger partial charge < -0.3 is 19.6 Å². The van der Waals surface area contributed by atoms with Crippen LogP contribution in [0.25, 0.3) is 11.1 Å². The molecular weight excluding hydrogens is 496 g/mol. The molecule has 4 rings (SSSR count). The third kappa shape index (κ3) is 6.05. The van der Waals surface area contributed by atoms with E-state index in [1.807, 2.05) is 12.1 Å². The zero-order chi connectivity index (χ0) is 29.4. The minimum atomic E-state index is -0.920. The second-order valence-corrected chi connectivity index (χ2v) is 13.4. The van der Waals surface area contributed by atoms with Gasteiger partial charge in [0, 0.05) is 24.0 Å². The van der Waals surface area contributed by atoms with Gasteiger partial charge in [-0.3, -0.25) is 0 Å². The Balaban J connectivity index is 2.05. The van der Waals surface area contributed by atoms with Gasteiger partial charge in [-0.25, -0.2) is 4.79 Å². The average molecular weight is 543 g/mol. The minimum absolute atomic E-state index is 0.239. The van der Waals surface area contributed by atoms with E-state index < -0.39 is 5.97 Å². The van der Waals surface area contributed by atoms with Gasteiger partial charge in [0.15, 0.2) is 0 Å². The van der Waals surface area contributed by atoms with E-state index >= 15 is 0 Å². The summed E-state index contributed by atoms with van der Waals surface area (Å²) in [6.45, 7) is 17.4. The van der Waals surface area contributed by atoms with E-state index in [0.717, 1.165) is 58.9 Å². The number of carboxylic acids is 1. The number of likely N-dealkylation sites (tertiary alicyclic amines) is 1. The van der Waals surface area contributed by atoms with E-state index in [0.29, 0.717) is 17.5 Å². The van der Waals surface area contributed by atoms with Crippen LogP contribution >= 0.6 is 0 Å². The first-order valence-corrected chi connectivity index (χ1v) is 14.4. The first-order valence-electron chi connectivity index (χ1n) is 14.4. The second-order valence-electron chi connectivity index (χ2n) is 13.4. The largest absolute Gasteiger partial charge is 0.497 e. The van der Waals surface area contributed by atoms with Gasteiger partial charge in [-0.1, -0.05) is 66.7 Å². The van der Waals surface area contributed by atoms with Gasteiger partial charge >= 0.3 is 5.97 Å². The van der Waals surface area contributed by atoms with Crippen LogP contribution < -0.4 is 9.64 Å². The van der Waals surface area contributed by atoms with Crippen LogP contribution in [-0.2, 0) is 10.8 Å². The quantitative estimate of drug-likeness (QED) is 0.341. The second kappa shape index (κ2) is 11.3. The number of aromatic carboxylic acids is 1. The average Bonchev–Trinajstić information content (AvgIpc) is 2.88. The third-order valence-corrected chi connectivity index (χ3v) is 8.17. The summed E-state index contributed by atoms with van der Waals surface area (Å²) in [4.78, 5) is 17.6. The molecule has 5 nitrogen and oxygen atoms in total. The fraction of sp³-hybridized carbons (Fsp3) is 0.457. The zero-order valence-electron chi connectivity index (χ0n) is 25.7. The summed E-state index contributed by atoms with van der Waals surface area (Å²) in [5, 5.41) is 10.4. The summed E-state index contributed by atoms with van der Waals surface area (Å²) >= 11 is 0. The topological polar surface area (TPSA) is 53.0 Å². The molecule has 5 heteroatoms. The third-order valence-electron chi connectivity index (χ3n) is 8.17. The fourth-order valence-electron chi connectivity index (χ4n) is 6.13. The lowest BCUT2D eigenvalue weighted by Crippen LogP contribution is -2.47. The lowest BCUT2D eigenvalue weighted by Gasteiger charge is -2.43. The fourth-order valence-corrected chi connectivity index (χ4v) is 6.13. The molecule has 1 saturated heterocycles. The number of nitrogens with zero attached hydrogens (tertiary/aromatic N) is 2.